The first-order valence-electron chi connectivity index (χ1n) is 6.07. The second-order valence-electron chi connectivity index (χ2n) is 5.29. The van der Waals surface area contributed by atoms with E-state index in [9.17, 15) is 10.2 Å². The SMILES string of the molecule is COc1c(O)cc(C(C)C)cc1CC1(O)CC1. The summed E-state index contributed by atoms with van der Waals surface area (Å²) in [6, 6.07) is 3.77. The molecule has 1 aliphatic rings. The summed E-state index contributed by atoms with van der Waals surface area (Å²) in [5.74, 6) is 1.01. The maximum absolute atomic E-state index is 9.99. The molecule has 0 saturated heterocycles. The van der Waals surface area contributed by atoms with Crippen LogP contribution >= 0.6 is 0 Å². The molecule has 0 radical (unpaired) electrons. The topological polar surface area (TPSA) is 49.7 Å². The summed E-state index contributed by atoms with van der Waals surface area (Å²) in [4.78, 5) is 0. The molecular formula is C14H20O3. The van der Waals surface area contributed by atoms with Crippen molar-refractivity contribution < 1.29 is 14.9 Å². The van der Waals surface area contributed by atoms with Gasteiger partial charge in [0.25, 0.3) is 0 Å². The Labute approximate surface area is 102 Å². The van der Waals surface area contributed by atoms with Crippen molar-refractivity contribution in [2.45, 2.75) is 44.6 Å². The maximum atomic E-state index is 9.99. The van der Waals surface area contributed by atoms with Gasteiger partial charge in [-0.25, -0.2) is 0 Å². The first kappa shape index (κ1) is 12.2. The van der Waals surface area contributed by atoms with E-state index in [2.05, 4.69) is 13.8 Å². The van der Waals surface area contributed by atoms with Gasteiger partial charge in [0.1, 0.15) is 0 Å². The first-order chi connectivity index (χ1) is 7.95. The van der Waals surface area contributed by atoms with Gasteiger partial charge in [0.15, 0.2) is 11.5 Å². The van der Waals surface area contributed by atoms with Crippen molar-refractivity contribution in [3.8, 4) is 11.5 Å². The summed E-state index contributed by atoms with van der Waals surface area (Å²) < 4.78 is 5.22. The number of methoxy groups -OCH3 is 1. The fourth-order valence-electron chi connectivity index (χ4n) is 2.07. The van der Waals surface area contributed by atoms with Crippen LogP contribution in [-0.4, -0.2) is 22.9 Å². The van der Waals surface area contributed by atoms with E-state index in [4.69, 9.17) is 4.74 Å². The van der Waals surface area contributed by atoms with Gasteiger partial charge in [0.05, 0.1) is 12.7 Å². The summed E-state index contributed by atoms with van der Waals surface area (Å²) in [7, 11) is 1.55. The van der Waals surface area contributed by atoms with Crippen LogP contribution in [0.25, 0.3) is 0 Å². The van der Waals surface area contributed by atoms with Gasteiger partial charge in [0.2, 0.25) is 0 Å². The Bertz CT molecular complexity index is 420. The normalized spacial score (nSPS) is 17.2. The van der Waals surface area contributed by atoms with Crippen LogP contribution in [0.2, 0.25) is 0 Å². The molecule has 17 heavy (non-hydrogen) atoms. The first-order valence-corrected chi connectivity index (χ1v) is 6.07. The summed E-state index contributed by atoms with van der Waals surface area (Å²) in [6.07, 6.45) is 2.23. The molecule has 0 amide bonds. The standard InChI is InChI=1S/C14H20O3/c1-9(2)10-6-11(8-14(16)4-5-14)13(17-3)12(15)7-10/h6-7,9,15-16H,4-5,8H2,1-3H3. The highest BCUT2D eigenvalue weighted by atomic mass is 16.5. The number of rotatable bonds is 4. The average molecular weight is 236 g/mol. The lowest BCUT2D eigenvalue weighted by Crippen LogP contribution is -2.12. The second kappa shape index (κ2) is 4.22. The van der Waals surface area contributed by atoms with E-state index in [0.29, 0.717) is 18.1 Å². The second-order valence-corrected chi connectivity index (χ2v) is 5.29. The molecule has 0 atom stereocenters. The van der Waals surface area contributed by atoms with Gasteiger partial charge in [0, 0.05) is 12.0 Å². The number of ether oxygens (including phenoxy) is 1. The van der Waals surface area contributed by atoms with Crippen LogP contribution in [-0.2, 0) is 6.42 Å². The molecule has 1 aromatic rings. The molecule has 1 fully saturated rings. The highest BCUT2D eigenvalue weighted by molar-refractivity contribution is 5.50. The van der Waals surface area contributed by atoms with E-state index in [0.717, 1.165) is 24.0 Å². The number of phenolic OH excluding ortho intramolecular Hbond substituents is 1. The largest absolute Gasteiger partial charge is 0.504 e. The molecule has 1 saturated carbocycles. The fraction of sp³-hybridized carbons (Fsp3) is 0.571. The van der Waals surface area contributed by atoms with Crippen molar-refractivity contribution in [3.63, 3.8) is 0 Å². The number of aliphatic hydroxyl groups is 1. The van der Waals surface area contributed by atoms with Crippen LogP contribution in [0.5, 0.6) is 11.5 Å². The summed E-state index contributed by atoms with van der Waals surface area (Å²) in [6.45, 7) is 4.16. The minimum atomic E-state index is -0.574. The summed E-state index contributed by atoms with van der Waals surface area (Å²) in [5, 5.41) is 19.9. The third-order valence-corrected chi connectivity index (χ3v) is 3.39. The Morgan fingerprint density at radius 2 is 2.00 bits per heavy atom. The van der Waals surface area contributed by atoms with Crippen molar-refractivity contribution in [3.05, 3.63) is 23.3 Å². The van der Waals surface area contributed by atoms with E-state index >= 15 is 0 Å². The number of benzene rings is 1. The molecule has 3 nitrogen and oxygen atoms in total. The van der Waals surface area contributed by atoms with Crippen LogP contribution in [0.3, 0.4) is 0 Å². The van der Waals surface area contributed by atoms with Gasteiger partial charge in [-0.05, 0) is 30.4 Å². The van der Waals surface area contributed by atoms with Gasteiger partial charge in [-0.1, -0.05) is 19.9 Å². The fourth-order valence-corrected chi connectivity index (χ4v) is 2.07. The van der Waals surface area contributed by atoms with E-state index in [1.165, 1.54) is 0 Å². The molecule has 0 unspecified atom stereocenters. The van der Waals surface area contributed by atoms with Crippen molar-refractivity contribution in [1.82, 2.24) is 0 Å². The molecule has 1 aliphatic carbocycles. The van der Waals surface area contributed by atoms with Crippen molar-refractivity contribution in [1.29, 1.82) is 0 Å². The van der Waals surface area contributed by atoms with E-state index in [1.54, 1.807) is 13.2 Å². The van der Waals surface area contributed by atoms with Crippen molar-refractivity contribution >= 4 is 0 Å². The molecule has 2 rings (SSSR count). The smallest absolute Gasteiger partial charge is 0.163 e. The molecule has 2 N–H and O–H groups in total. The predicted octanol–water partition coefficient (Wildman–Crippen LogP) is 2.59. The third kappa shape index (κ3) is 2.55. The van der Waals surface area contributed by atoms with Gasteiger partial charge < -0.3 is 14.9 Å². The Morgan fingerprint density at radius 1 is 1.35 bits per heavy atom. The monoisotopic (exact) mass is 236 g/mol. The summed E-state index contributed by atoms with van der Waals surface area (Å²) in [5.41, 5.74) is 1.40. The Hall–Kier alpha value is -1.22. The zero-order valence-electron chi connectivity index (χ0n) is 10.7. The van der Waals surface area contributed by atoms with Gasteiger partial charge in [-0.15, -0.1) is 0 Å². The predicted molar refractivity (Wildman–Crippen MR) is 66.6 cm³/mol. The van der Waals surface area contributed by atoms with Crippen LogP contribution < -0.4 is 4.74 Å². The number of phenols is 1. The van der Waals surface area contributed by atoms with E-state index in [-0.39, 0.29) is 5.75 Å². The van der Waals surface area contributed by atoms with Crippen molar-refractivity contribution in [2.75, 3.05) is 7.11 Å². The molecule has 0 bridgehead atoms. The van der Waals surface area contributed by atoms with E-state index < -0.39 is 5.60 Å². The van der Waals surface area contributed by atoms with Crippen LogP contribution in [0, 0.1) is 0 Å². The number of hydrogen-bond acceptors (Lipinski definition) is 3. The van der Waals surface area contributed by atoms with E-state index in [1.807, 2.05) is 6.07 Å². The zero-order valence-corrected chi connectivity index (χ0v) is 10.7. The van der Waals surface area contributed by atoms with Crippen LogP contribution in [0.4, 0.5) is 0 Å². The maximum Gasteiger partial charge on any atom is 0.163 e. The molecule has 0 spiro atoms. The van der Waals surface area contributed by atoms with Gasteiger partial charge in [-0.3, -0.25) is 0 Å². The lowest BCUT2D eigenvalue weighted by Gasteiger charge is -2.16. The number of hydrogen-bond donors (Lipinski definition) is 2. The Kier molecular flexibility index (Phi) is 3.04. The molecule has 3 heteroatoms. The minimum absolute atomic E-state index is 0.165. The number of aromatic hydroxyl groups is 1. The van der Waals surface area contributed by atoms with Crippen molar-refractivity contribution in [2.24, 2.45) is 0 Å². The molecule has 0 heterocycles. The third-order valence-electron chi connectivity index (χ3n) is 3.39. The molecule has 1 aromatic carbocycles. The highest BCUT2D eigenvalue weighted by Crippen LogP contribution is 2.43. The van der Waals surface area contributed by atoms with Crippen LogP contribution in [0.1, 0.15) is 43.7 Å². The lowest BCUT2D eigenvalue weighted by atomic mass is 9.96. The Balaban J connectivity index is 2.38. The zero-order chi connectivity index (χ0) is 12.6. The van der Waals surface area contributed by atoms with Crippen LogP contribution in [0.15, 0.2) is 12.1 Å². The quantitative estimate of drug-likeness (QED) is 0.844. The highest BCUT2D eigenvalue weighted by Gasteiger charge is 2.41. The summed E-state index contributed by atoms with van der Waals surface area (Å²) >= 11 is 0. The van der Waals surface area contributed by atoms with Gasteiger partial charge in [-0.2, -0.15) is 0 Å². The molecular weight excluding hydrogens is 216 g/mol. The minimum Gasteiger partial charge on any atom is -0.504 e. The lowest BCUT2D eigenvalue weighted by molar-refractivity contribution is 0.149. The molecule has 0 aromatic heterocycles. The average Bonchev–Trinajstić information content (AvgIpc) is 2.95. The van der Waals surface area contributed by atoms with Gasteiger partial charge >= 0.3 is 0 Å². The molecule has 94 valence electrons. The Morgan fingerprint density at radius 3 is 2.47 bits per heavy atom. The molecule has 0 aliphatic heterocycles.